The molecule has 2 aromatic rings. The number of amides is 1. The minimum Gasteiger partial charge on any atom is -0.497 e. The van der Waals surface area contributed by atoms with Crippen LogP contribution in [0.2, 0.25) is 5.02 Å². The number of ether oxygens (including phenoxy) is 2. The molecule has 0 radical (unpaired) electrons. The summed E-state index contributed by atoms with van der Waals surface area (Å²) in [6.07, 6.45) is 0. The van der Waals surface area contributed by atoms with Crippen molar-refractivity contribution in [3.8, 4) is 11.5 Å². The molecular weight excluding hydrogens is 314 g/mol. The molecule has 0 heterocycles. The summed E-state index contributed by atoms with van der Waals surface area (Å²) >= 11 is 6.01. The predicted octanol–water partition coefficient (Wildman–Crippen LogP) is 3.95. The highest BCUT2D eigenvalue weighted by molar-refractivity contribution is 6.32. The first-order chi connectivity index (χ1) is 11.0. The van der Waals surface area contributed by atoms with E-state index in [9.17, 15) is 4.79 Å². The topological polar surface area (TPSA) is 38.8 Å². The molecule has 2 rings (SSSR count). The molecule has 0 N–H and O–H groups in total. The van der Waals surface area contributed by atoms with E-state index in [1.54, 1.807) is 31.2 Å². The van der Waals surface area contributed by atoms with Crippen molar-refractivity contribution < 1.29 is 14.3 Å². The molecule has 23 heavy (non-hydrogen) atoms. The molecule has 0 aliphatic carbocycles. The van der Waals surface area contributed by atoms with Gasteiger partial charge in [0.2, 0.25) is 0 Å². The van der Waals surface area contributed by atoms with Crippen LogP contribution in [-0.4, -0.2) is 31.6 Å². The van der Waals surface area contributed by atoms with Gasteiger partial charge in [-0.15, -0.1) is 0 Å². The average Bonchev–Trinajstić information content (AvgIpc) is 2.59. The molecule has 0 spiro atoms. The second-order valence-electron chi connectivity index (χ2n) is 5.17. The van der Waals surface area contributed by atoms with E-state index in [4.69, 9.17) is 21.1 Å². The maximum atomic E-state index is 12.3. The fourth-order valence-electron chi connectivity index (χ4n) is 2.13. The molecular formula is C18H20ClNO3. The third kappa shape index (κ3) is 4.39. The number of carbonyl (C=O) groups excluding carboxylic acids is 1. The molecule has 122 valence electrons. The SMILES string of the molecule is COc1ccc(C(C)N(C)C(=O)COc2ccccc2Cl)cc1. The van der Waals surface area contributed by atoms with Crippen LogP contribution in [0.15, 0.2) is 48.5 Å². The predicted molar refractivity (Wildman–Crippen MR) is 91.1 cm³/mol. The van der Waals surface area contributed by atoms with Gasteiger partial charge < -0.3 is 14.4 Å². The smallest absolute Gasteiger partial charge is 0.260 e. The monoisotopic (exact) mass is 333 g/mol. The molecule has 0 saturated carbocycles. The van der Waals surface area contributed by atoms with Crippen molar-refractivity contribution in [1.29, 1.82) is 0 Å². The van der Waals surface area contributed by atoms with Crippen LogP contribution in [0, 0.1) is 0 Å². The van der Waals surface area contributed by atoms with Gasteiger partial charge in [0, 0.05) is 7.05 Å². The van der Waals surface area contributed by atoms with Gasteiger partial charge in [0.05, 0.1) is 18.2 Å². The van der Waals surface area contributed by atoms with Crippen LogP contribution in [0.4, 0.5) is 0 Å². The van der Waals surface area contributed by atoms with Gasteiger partial charge in [0.1, 0.15) is 11.5 Å². The summed E-state index contributed by atoms with van der Waals surface area (Å²) in [7, 11) is 3.38. The largest absolute Gasteiger partial charge is 0.497 e. The van der Waals surface area contributed by atoms with Crippen molar-refractivity contribution in [1.82, 2.24) is 4.90 Å². The Bertz CT molecular complexity index is 658. The number of carbonyl (C=O) groups is 1. The Hall–Kier alpha value is -2.20. The van der Waals surface area contributed by atoms with Crippen molar-refractivity contribution in [3.63, 3.8) is 0 Å². The molecule has 0 bridgehead atoms. The van der Waals surface area contributed by atoms with Gasteiger partial charge in [-0.25, -0.2) is 0 Å². The fraction of sp³-hybridized carbons (Fsp3) is 0.278. The summed E-state index contributed by atoms with van der Waals surface area (Å²) in [6.45, 7) is 1.91. The van der Waals surface area contributed by atoms with Gasteiger partial charge in [-0.05, 0) is 36.8 Å². The summed E-state index contributed by atoms with van der Waals surface area (Å²) < 4.78 is 10.6. The highest BCUT2D eigenvalue weighted by Crippen LogP contribution is 2.24. The van der Waals surface area contributed by atoms with Crippen LogP contribution in [0.1, 0.15) is 18.5 Å². The van der Waals surface area contributed by atoms with Crippen LogP contribution in [0.5, 0.6) is 11.5 Å². The van der Waals surface area contributed by atoms with E-state index in [1.165, 1.54) is 0 Å². The summed E-state index contributed by atoms with van der Waals surface area (Å²) in [6, 6.07) is 14.7. The van der Waals surface area contributed by atoms with Gasteiger partial charge in [0.25, 0.3) is 5.91 Å². The Labute approximate surface area is 141 Å². The maximum Gasteiger partial charge on any atom is 0.260 e. The van der Waals surface area contributed by atoms with Gasteiger partial charge >= 0.3 is 0 Å². The molecule has 2 aromatic carbocycles. The average molecular weight is 334 g/mol. The standard InChI is InChI=1S/C18H20ClNO3/c1-13(14-8-10-15(22-3)11-9-14)20(2)18(21)12-23-17-7-5-4-6-16(17)19/h4-11,13H,12H2,1-3H3. The van der Waals surface area contributed by atoms with E-state index >= 15 is 0 Å². The quantitative estimate of drug-likeness (QED) is 0.803. The van der Waals surface area contributed by atoms with E-state index in [1.807, 2.05) is 43.3 Å². The Balaban J connectivity index is 1.96. The number of halogens is 1. The van der Waals surface area contributed by atoms with Crippen molar-refractivity contribution in [2.24, 2.45) is 0 Å². The van der Waals surface area contributed by atoms with Crippen molar-refractivity contribution in [2.75, 3.05) is 20.8 Å². The minimum absolute atomic E-state index is 0.0548. The lowest BCUT2D eigenvalue weighted by Gasteiger charge is -2.25. The van der Waals surface area contributed by atoms with E-state index in [0.29, 0.717) is 10.8 Å². The molecule has 0 aliphatic rings. The second-order valence-corrected chi connectivity index (χ2v) is 5.58. The van der Waals surface area contributed by atoms with Crippen LogP contribution in [0.25, 0.3) is 0 Å². The zero-order chi connectivity index (χ0) is 16.8. The van der Waals surface area contributed by atoms with Crippen molar-refractivity contribution in [2.45, 2.75) is 13.0 Å². The molecule has 4 nitrogen and oxygen atoms in total. The fourth-order valence-corrected chi connectivity index (χ4v) is 2.32. The van der Waals surface area contributed by atoms with Crippen LogP contribution in [0.3, 0.4) is 0 Å². The first kappa shape index (κ1) is 17.2. The van der Waals surface area contributed by atoms with Crippen molar-refractivity contribution >= 4 is 17.5 Å². The highest BCUT2D eigenvalue weighted by atomic mass is 35.5. The number of benzene rings is 2. The van der Waals surface area contributed by atoms with Gasteiger partial charge in [-0.3, -0.25) is 4.79 Å². The minimum atomic E-state index is -0.117. The van der Waals surface area contributed by atoms with Crippen molar-refractivity contribution in [3.05, 3.63) is 59.1 Å². The molecule has 1 unspecified atom stereocenters. The van der Waals surface area contributed by atoms with Gasteiger partial charge in [0.15, 0.2) is 6.61 Å². The van der Waals surface area contributed by atoms with Crippen LogP contribution >= 0.6 is 11.6 Å². The van der Waals surface area contributed by atoms with E-state index < -0.39 is 0 Å². The Morgan fingerprint density at radius 2 is 1.83 bits per heavy atom. The Morgan fingerprint density at radius 1 is 1.17 bits per heavy atom. The number of methoxy groups -OCH3 is 1. The first-order valence-corrected chi connectivity index (χ1v) is 7.67. The highest BCUT2D eigenvalue weighted by Gasteiger charge is 2.18. The number of nitrogens with zero attached hydrogens (tertiary/aromatic N) is 1. The Kier molecular flexibility index (Phi) is 5.88. The maximum absolute atomic E-state index is 12.3. The molecule has 5 heteroatoms. The Morgan fingerprint density at radius 3 is 2.43 bits per heavy atom. The zero-order valence-corrected chi connectivity index (χ0v) is 14.2. The third-order valence-electron chi connectivity index (χ3n) is 3.76. The normalized spacial score (nSPS) is 11.7. The number of para-hydroxylation sites is 1. The number of hydrogen-bond donors (Lipinski definition) is 0. The number of rotatable bonds is 6. The molecule has 0 aliphatic heterocycles. The first-order valence-electron chi connectivity index (χ1n) is 7.30. The molecule has 0 saturated heterocycles. The third-order valence-corrected chi connectivity index (χ3v) is 4.07. The van der Waals surface area contributed by atoms with Crippen LogP contribution in [-0.2, 0) is 4.79 Å². The summed E-state index contributed by atoms with van der Waals surface area (Å²) in [4.78, 5) is 14.0. The zero-order valence-electron chi connectivity index (χ0n) is 13.5. The number of hydrogen-bond acceptors (Lipinski definition) is 3. The van der Waals surface area contributed by atoms with Gasteiger partial charge in [-0.1, -0.05) is 35.9 Å². The van der Waals surface area contributed by atoms with Crippen LogP contribution < -0.4 is 9.47 Å². The molecule has 0 fully saturated rings. The molecule has 0 aromatic heterocycles. The van der Waals surface area contributed by atoms with E-state index in [-0.39, 0.29) is 18.6 Å². The molecule has 1 atom stereocenters. The lowest BCUT2D eigenvalue weighted by atomic mass is 10.1. The van der Waals surface area contributed by atoms with Gasteiger partial charge in [-0.2, -0.15) is 0 Å². The summed E-state index contributed by atoms with van der Waals surface area (Å²) in [5.74, 6) is 1.18. The number of likely N-dealkylation sites (N-methyl/N-ethyl adjacent to an activating group) is 1. The summed E-state index contributed by atoms with van der Waals surface area (Å²) in [5, 5.41) is 0.492. The van der Waals surface area contributed by atoms with E-state index in [0.717, 1.165) is 11.3 Å². The molecule has 1 amide bonds. The summed E-state index contributed by atoms with van der Waals surface area (Å²) in [5.41, 5.74) is 1.03. The second kappa shape index (κ2) is 7.88. The lowest BCUT2D eigenvalue weighted by Crippen LogP contribution is -2.33. The van der Waals surface area contributed by atoms with E-state index in [2.05, 4.69) is 0 Å². The lowest BCUT2D eigenvalue weighted by molar-refractivity contribution is -0.134.